The van der Waals surface area contributed by atoms with Gasteiger partial charge in [-0.25, -0.2) is 4.79 Å². The summed E-state index contributed by atoms with van der Waals surface area (Å²) in [5, 5.41) is 14.4. The van der Waals surface area contributed by atoms with E-state index < -0.39 is 5.97 Å². The van der Waals surface area contributed by atoms with Gasteiger partial charge in [0.2, 0.25) is 0 Å². The van der Waals surface area contributed by atoms with Crippen molar-refractivity contribution in [3.8, 4) is 0 Å². The van der Waals surface area contributed by atoms with E-state index in [2.05, 4.69) is 17.6 Å². The van der Waals surface area contributed by atoms with Gasteiger partial charge in [0, 0.05) is 13.1 Å². The Bertz CT molecular complexity index is 312. The molecule has 20 heavy (non-hydrogen) atoms. The van der Waals surface area contributed by atoms with Gasteiger partial charge in [0.15, 0.2) is 0 Å². The Morgan fingerprint density at radius 1 is 1.20 bits per heavy atom. The maximum absolute atomic E-state index is 11.6. The maximum atomic E-state index is 11.6. The lowest BCUT2D eigenvalue weighted by Gasteiger charge is -2.26. The molecular formula is C15H28N2O3. The van der Waals surface area contributed by atoms with Crippen LogP contribution in [-0.2, 0) is 4.79 Å². The summed E-state index contributed by atoms with van der Waals surface area (Å²) in [7, 11) is 0. The van der Waals surface area contributed by atoms with Crippen LogP contribution in [0.25, 0.3) is 0 Å². The van der Waals surface area contributed by atoms with Gasteiger partial charge in [-0.05, 0) is 37.5 Å². The Kier molecular flexibility index (Phi) is 7.41. The molecule has 0 saturated heterocycles. The van der Waals surface area contributed by atoms with Crippen molar-refractivity contribution in [2.45, 2.75) is 52.4 Å². The summed E-state index contributed by atoms with van der Waals surface area (Å²) < 4.78 is 0. The zero-order valence-corrected chi connectivity index (χ0v) is 12.7. The Balaban J connectivity index is 2.02. The zero-order chi connectivity index (χ0) is 15.0. The van der Waals surface area contributed by atoms with Crippen LogP contribution in [0.3, 0.4) is 0 Å². The number of rotatable bonds is 7. The Morgan fingerprint density at radius 3 is 2.45 bits per heavy atom. The van der Waals surface area contributed by atoms with Crippen LogP contribution in [0.1, 0.15) is 52.4 Å². The number of carbonyl (C=O) groups is 2. The molecule has 1 aliphatic carbocycles. The molecular weight excluding hydrogens is 256 g/mol. The minimum atomic E-state index is -0.777. The number of aliphatic carboxylic acids is 1. The first-order chi connectivity index (χ1) is 9.49. The van der Waals surface area contributed by atoms with Crippen molar-refractivity contribution in [1.82, 2.24) is 10.6 Å². The summed E-state index contributed by atoms with van der Waals surface area (Å²) in [4.78, 5) is 22.2. The number of hydrogen-bond acceptors (Lipinski definition) is 2. The van der Waals surface area contributed by atoms with Crippen molar-refractivity contribution in [2.24, 2.45) is 17.8 Å². The van der Waals surface area contributed by atoms with E-state index in [0.717, 1.165) is 12.5 Å². The molecule has 1 rings (SSSR count). The molecule has 0 radical (unpaired) electrons. The number of amides is 2. The van der Waals surface area contributed by atoms with E-state index in [4.69, 9.17) is 5.11 Å². The summed E-state index contributed by atoms with van der Waals surface area (Å²) in [6.45, 7) is 5.26. The average molecular weight is 284 g/mol. The summed E-state index contributed by atoms with van der Waals surface area (Å²) in [5.41, 5.74) is 0. The van der Waals surface area contributed by atoms with Crippen LogP contribution in [0.15, 0.2) is 0 Å². The van der Waals surface area contributed by atoms with E-state index in [9.17, 15) is 9.59 Å². The highest BCUT2D eigenvalue weighted by molar-refractivity contribution is 5.73. The molecule has 0 aromatic heterocycles. The molecule has 1 aliphatic rings. The van der Waals surface area contributed by atoms with Crippen molar-refractivity contribution in [2.75, 3.05) is 13.1 Å². The van der Waals surface area contributed by atoms with Gasteiger partial charge >= 0.3 is 12.0 Å². The predicted octanol–water partition coefficient (Wildman–Crippen LogP) is 2.61. The molecule has 0 heterocycles. The summed E-state index contributed by atoms with van der Waals surface area (Å²) >= 11 is 0. The molecule has 3 N–H and O–H groups in total. The number of carbonyl (C=O) groups excluding carboxylic acids is 1. The Morgan fingerprint density at radius 2 is 1.85 bits per heavy atom. The highest BCUT2D eigenvalue weighted by Crippen LogP contribution is 2.27. The maximum Gasteiger partial charge on any atom is 0.314 e. The summed E-state index contributed by atoms with van der Waals surface area (Å²) in [5.74, 6) is 0.324. The van der Waals surface area contributed by atoms with Gasteiger partial charge in [0.1, 0.15) is 0 Å². The van der Waals surface area contributed by atoms with E-state index in [-0.39, 0.29) is 11.9 Å². The SMILES string of the molecule is CC1CCC(CNC(=O)NCCCC(C)C(=O)O)CC1. The zero-order valence-electron chi connectivity index (χ0n) is 12.7. The van der Waals surface area contributed by atoms with Crippen molar-refractivity contribution in [1.29, 1.82) is 0 Å². The van der Waals surface area contributed by atoms with Crippen LogP contribution in [0.4, 0.5) is 4.79 Å². The molecule has 0 spiro atoms. The summed E-state index contributed by atoms with van der Waals surface area (Å²) in [6.07, 6.45) is 6.23. The van der Waals surface area contributed by atoms with Gasteiger partial charge in [-0.15, -0.1) is 0 Å². The smallest absolute Gasteiger partial charge is 0.314 e. The lowest BCUT2D eigenvalue weighted by molar-refractivity contribution is -0.141. The third-order valence-electron chi connectivity index (χ3n) is 4.21. The van der Waals surface area contributed by atoms with E-state index in [1.54, 1.807) is 6.92 Å². The second kappa shape index (κ2) is 8.82. The highest BCUT2D eigenvalue weighted by Gasteiger charge is 2.18. The van der Waals surface area contributed by atoms with E-state index in [1.165, 1.54) is 25.7 Å². The minimum absolute atomic E-state index is 0.133. The van der Waals surface area contributed by atoms with Crippen LogP contribution >= 0.6 is 0 Å². The minimum Gasteiger partial charge on any atom is -0.481 e. The fourth-order valence-electron chi connectivity index (χ4n) is 2.57. The number of urea groups is 1. The largest absolute Gasteiger partial charge is 0.481 e. The molecule has 0 bridgehead atoms. The molecule has 0 aromatic rings. The monoisotopic (exact) mass is 284 g/mol. The van der Waals surface area contributed by atoms with Gasteiger partial charge in [0.05, 0.1) is 5.92 Å². The number of nitrogens with one attached hydrogen (secondary N) is 2. The standard InChI is InChI=1S/C15H28N2O3/c1-11-5-7-13(8-6-11)10-17-15(20)16-9-3-4-12(2)14(18)19/h11-13H,3-10H2,1-2H3,(H,18,19)(H2,16,17,20). The van der Waals surface area contributed by atoms with Crippen molar-refractivity contribution in [3.05, 3.63) is 0 Å². The number of hydrogen-bond donors (Lipinski definition) is 3. The molecule has 0 aliphatic heterocycles. The van der Waals surface area contributed by atoms with Crippen LogP contribution in [-0.4, -0.2) is 30.2 Å². The van der Waals surface area contributed by atoms with Crippen LogP contribution in [0.5, 0.6) is 0 Å². The fraction of sp³-hybridized carbons (Fsp3) is 0.867. The normalized spacial score (nSPS) is 23.9. The molecule has 0 aromatic carbocycles. The van der Waals surface area contributed by atoms with Crippen LogP contribution < -0.4 is 10.6 Å². The molecule has 5 heteroatoms. The molecule has 1 fully saturated rings. The Hall–Kier alpha value is -1.26. The van der Waals surface area contributed by atoms with E-state index in [1.807, 2.05) is 0 Å². The van der Waals surface area contributed by atoms with Crippen molar-refractivity contribution < 1.29 is 14.7 Å². The van der Waals surface area contributed by atoms with Crippen LogP contribution in [0.2, 0.25) is 0 Å². The lowest BCUT2D eigenvalue weighted by atomic mass is 9.83. The first-order valence-electron chi connectivity index (χ1n) is 7.73. The third kappa shape index (κ3) is 6.78. The van der Waals surface area contributed by atoms with Crippen LogP contribution in [0, 0.1) is 17.8 Å². The number of carboxylic acids is 1. The topological polar surface area (TPSA) is 78.4 Å². The summed E-state index contributed by atoms with van der Waals surface area (Å²) in [6, 6.07) is -0.133. The fourth-order valence-corrected chi connectivity index (χ4v) is 2.57. The molecule has 1 atom stereocenters. The second-order valence-corrected chi connectivity index (χ2v) is 6.14. The van der Waals surface area contributed by atoms with Gasteiger partial charge in [0.25, 0.3) is 0 Å². The lowest BCUT2D eigenvalue weighted by Crippen LogP contribution is -2.39. The number of carboxylic acid groups (broad SMARTS) is 1. The highest BCUT2D eigenvalue weighted by atomic mass is 16.4. The predicted molar refractivity (Wildman–Crippen MR) is 78.6 cm³/mol. The quantitative estimate of drug-likeness (QED) is 0.629. The Labute approximate surface area is 121 Å². The van der Waals surface area contributed by atoms with E-state index in [0.29, 0.717) is 25.3 Å². The molecule has 116 valence electrons. The van der Waals surface area contributed by atoms with E-state index >= 15 is 0 Å². The molecule has 1 saturated carbocycles. The molecule has 2 amide bonds. The van der Waals surface area contributed by atoms with Gasteiger partial charge in [-0.3, -0.25) is 4.79 Å². The third-order valence-corrected chi connectivity index (χ3v) is 4.21. The average Bonchev–Trinajstić information content (AvgIpc) is 2.42. The van der Waals surface area contributed by atoms with Crippen molar-refractivity contribution in [3.63, 3.8) is 0 Å². The van der Waals surface area contributed by atoms with Gasteiger partial charge in [-0.2, -0.15) is 0 Å². The molecule has 1 unspecified atom stereocenters. The first kappa shape index (κ1) is 16.8. The molecule has 5 nitrogen and oxygen atoms in total. The van der Waals surface area contributed by atoms with Gasteiger partial charge < -0.3 is 15.7 Å². The second-order valence-electron chi connectivity index (χ2n) is 6.14. The first-order valence-corrected chi connectivity index (χ1v) is 7.73. The van der Waals surface area contributed by atoms with Gasteiger partial charge in [-0.1, -0.05) is 26.7 Å². The van der Waals surface area contributed by atoms with Crippen molar-refractivity contribution >= 4 is 12.0 Å².